The summed E-state index contributed by atoms with van der Waals surface area (Å²) in [6, 6.07) is 4.71. The van der Waals surface area contributed by atoms with Gasteiger partial charge in [-0.3, -0.25) is 0 Å². The number of nitrogens with two attached hydrogens (primary N) is 1. The van der Waals surface area contributed by atoms with Gasteiger partial charge in [0.2, 0.25) is 0 Å². The summed E-state index contributed by atoms with van der Waals surface area (Å²) in [6.45, 7) is 5.75. The molecule has 0 fully saturated rings. The van der Waals surface area contributed by atoms with E-state index >= 15 is 0 Å². The Morgan fingerprint density at radius 2 is 2.00 bits per heavy atom. The number of nitrogens with one attached hydrogen (secondary N) is 1. The Hall–Kier alpha value is -0.450. The van der Waals surface area contributed by atoms with E-state index in [1.807, 2.05) is 0 Å². The van der Waals surface area contributed by atoms with Gasteiger partial charge < -0.3 is 11.1 Å². The Morgan fingerprint density at radius 1 is 1.33 bits per heavy atom. The zero-order valence-electron chi connectivity index (χ0n) is 11.0. The molecule has 0 spiro atoms. The molecule has 1 rings (SSSR count). The second-order valence-electron chi connectivity index (χ2n) is 4.54. The topological polar surface area (TPSA) is 38.0 Å². The summed E-state index contributed by atoms with van der Waals surface area (Å²) >= 11 is 3.45. The van der Waals surface area contributed by atoms with Gasteiger partial charge in [0.1, 0.15) is 5.82 Å². The van der Waals surface area contributed by atoms with Gasteiger partial charge in [0, 0.05) is 17.1 Å². The van der Waals surface area contributed by atoms with E-state index in [1.54, 1.807) is 12.1 Å². The van der Waals surface area contributed by atoms with Crippen LogP contribution in [-0.4, -0.2) is 13.1 Å². The predicted octanol–water partition coefficient (Wildman–Crippen LogP) is 3.61. The molecule has 0 aliphatic heterocycles. The normalized spacial score (nSPS) is 13.0. The van der Waals surface area contributed by atoms with Crippen LogP contribution in [0.15, 0.2) is 22.7 Å². The molecule has 4 heteroatoms. The van der Waals surface area contributed by atoms with Crippen molar-refractivity contribution in [2.75, 3.05) is 13.1 Å². The molecule has 1 atom stereocenters. The van der Waals surface area contributed by atoms with Crippen molar-refractivity contribution in [3.05, 3.63) is 34.1 Å². The van der Waals surface area contributed by atoms with E-state index in [9.17, 15) is 4.39 Å². The predicted molar refractivity (Wildman–Crippen MR) is 78.0 cm³/mol. The summed E-state index contributed by atoms with van der Waals surface area (Å²) in [5, 5.41) is 3.43. The first kappa shape index (κ1) is 15.6. The molecular formula is C14H22BrFN2. The molecule has 0 aliphatic carbocycles. The van der Waals surface area contributed by atoms with Crippen LogP contribution in [0.1, 0.15) is 38.3 Å². The van der Waals surface area contributed by atoms with Crippen molar-refractivity contribution in [1.82, 2.24) is 5.32 Å². The minimum Gasteiger partial charge on any atom is -0.329 e. The van der Waals surface area contributed by atoms with Gasteiger partial charge in [0.25, 0.3) is 0 Å². The number of hydrogen-bond donors (Lipinski definition) is 2. The zero-order valence-corrected chi connectivity index (χ0v) is 12.6. The summed E-state index contributed by atoms with van der Waals surface area (Å²) < 4.78 is 14.2. The average molecular weight is 317 g/mol. The summed E-state index contributed by atoms with van der Waals surface area (Å²) in [4.78, 5) is 0. The lowest BCUT2D eigenvalue weighted by atomic mass is 10.0. The molecular weight excluding hydrogens is 295 g/mol. The fourth-order valence-electron chi connectivity index (χ4n) is 1.99. The van der Waals surface area contributed by atoms with Crippen molar-refractivity contribution < 1.29 is 4.39 Å². The van der Waals surface area contributed by atoms with Crippen LogP contribution in [0.5, 0.6) is 0 Å². The SMILES string of the molecule is CCC(CC)CNC(CN)c1cc(F)ccc1Br. The smallest absolute Gasteiger partial charge is 0.123 e. The van der Waals surface area contributed by atoms with Crippen LogP contribution in [0.2, 0.25) is 0 Å². The molecule has 3 N–H and O–H groups in total. The van der Waals surface area contributed by atoms with Gasteiger partial charge >= 0.3 is 0 Å². The highest BCUT2D eigenvalue weighted by molar-refractivity contribution is 9.10. The maximum Gasteiger partial charge on any atom is 0.123 e. The van der Waals surface area contributed by atoms with Gasteiger partial charge in [0.15, 0.2) is 0 Å². The lowest BCUT2D eigenvalue weighted by Gasteiger charge is -2.22. The average Bonchev–Trinajstić information content (AvgIpc) is 2.38. The van der Waals surface area contributed by atoms with Crippen LogP contribution >= 0.6 is 15.9 Å². The van der Waals surface area contributed by atoms with Crippen LogP contribution in [0.4, 0.5) is 4.39 Å². The minimum atomic E-state index is -0.226. The molecule has 0 aliphatic rings. The summed E-state index contributed by atoms with van der Waals surface area (Å²) in [5.41, 5.74) is 6.68. The van der Waals surface area contributed by atoms with Crippen molar-refractivity contribution in [1.29, 1.82) is 0 Å². The zero-order chi connectivity index (χ0) is 13.5. The van der Waals surface area contributed by atoms with Gasteiger partial charge in [-0.1, -0.05) is 42.6 Å². The van der Waals surface area contributed by atoms with Crippen LogP contribution in [0.25, 0.3) is 0 Å². The quantitative estimate of drug-likeness (QED) is 0.806. The number of halogens is 2. The minimum absolute atomic E-state index is 0.00400. The first-order chi connectivity index (χ1) is 8.62. The summed E-state index contributed by atoms with van der Waals surface area (Å²) in [5.74, 6) is 0.419. The second-order valence-corrected chi connectivity index (χ2v) is 5.40. The molecule has 0 amide bonds. The van der Waals surface area contributed by atoms with E-state index in [0.29, 0.717) is 12.5 Å². The molecule has 0 saturated carbocycles. The third kappa shape index (κ3) is 4.34. The van der Waals surface area contributed by atoms with Crippen molar-refractivity contribution >= 4 is 15.9 Å². The molecule has 1 aromatic carbocycles. The van der Waals surface area contributed by atoms with E-state index in [-0.39, 0.29) is 11.9 Å². The Kier molecular flexibility index (Phi) is 6.82. The van der Waals surface area contributed by atoms with Crippen molar-refractivity contribution in [2.24, 2.45) is 11.7 Å². The van der Waals surface area contributed by atoms with Crippen molar-refractivity contribution in [3.8, 4) is 0 Å². The molecule has 0 heterocycles. The molecule has 2 nitrogen and oxygen atoms in total. The Bertz CT molecular complexity index is 367. The van der Waals surface area contributed by atoms with Crippen molar-refractivity contribution in [3.63, 3.8) is 0 Å². The largest absolute Gasteiger partial charge is 0.329 e. The lowest BCUT2D eigenvalue weighted by Crippen LogP contribution is -2.32. The van der Waals surface area contributed by atoms with Gasteiger partial charge in [-0.25, -0.2) is 4.39 Å². The maximum absolute atomic E-state index is 13.3. The summed E-state index contributed by atoms with van der Waals surface area (Å²) in [7, 11) is 0. The standard InChI is InChI=1S/C14H22BrFN2/c1-3-10(4-2)9-18-14(8-17)12-7-11(16)5-6-13(12)15/h5-7,10,14,18H,3-4,8-9,17H2,1-2H3. The number of hydrogen-bond acceptors (Lipinski definition) is 2. The molecule has 0 radical (unpaired) electrons. The Balaban J connectivity index is 2.73. The van der Waals surface area contributed by atoms with Crippen molar-refractivity contribution in [2.45, 2.75) is 32.7 Å². The van der Waals surface area contributed by atoms with Gasteiger partial charge in [-0.2, -0.15) is 0 Å². The van der Waals surface area contributed by atoms with E-state index in [1.165, 1.54) is 6.07 Å². The molecule has 1 aromatic rings. The van der Waals surface area contributed by atoms with Crippen LogP contribution in [0.3, 0.4) is 0 Å². The molecule has 18 heavy (non-hydrogen) atoms. The highest BCUT2D eigenvalue weighted by atomic mass is 79.9. The molecule has 1 unspecified atom stereocenters. The summed E-state index contributed by atoms with van der Waals surface area (Å²) in [6.07, 6.45) is 2.29. The molecule has 0 bridgehead atoms. The second kappa shape index (κ2) is 7.87. The van der Waals surface area contributed by atoms with Crippen LogP contribution in [0, 0.1) is 11.7 Å². The molecule has 0 aromatic heterocycles. The fourth-order valence-corrected chi connectivity index (χ4v) is 2.51. The lowest BCUT2D eigenvalue weighted by molar-refractivity contribution is 0.413. The van der Waals surface area contributed by atoms with Gasteiger partial charge in [0.05, 0.1) is 0 Å². The van der Waals surface area contributed by atoms with E-state index in [0.717, 1.165) is 29.4 Å². The number of benzene rings is 1. The maximum atomic E-state index is 13.3. The number of rotatable bonds is 7. The van der Waals surface area contributed by atoms with Crippen LogP contribution in [-0.2, 0) is 0 Å². The van der Waals surface area contributed by atoms with E-state index in [2.05, 4.69) is 35.1 Å². The van der Waals surface area contributed by atoms with Gasteiger partial charge in [-0.15, -0.1) is 0 Å². The fraction of sp³-hybridized carbons (Fsp3) is 0.571. The third-order valence-electron chi connectivity index (χ3n) is 3.38. The molecule has 102 valence electrons. The van der Waals surface area contributed by atoms with E-state index in [4.69, 9.17) is 5.73 Å². The van der Waals surface area contributed by atoms with Gasteiger partial charge in [-0.05, 0) is 36.2 Å². The van der Waals surface area contributed by atoms with Crippen LogP contribution < -0.4 is 11.1 Å². The third-order valence-corrected chi connectivity index (χ3v) is 4.10. The highest BCUT2D eigenvalue weighted by Gasteiger charge is 2.14. The Labute approximate surface area is 117 Å². The first-order valence-electron chi connectivity index (χ1n) is 6.50. The Morgan fingerprint density at radius 3 is 2.56 bits per heavy atom. The first-order valence-corrected chi connectivity index (χ1v) is 7.30. The van der Waals surface area contributed by atoms with E-state index < -0.39 is 0 Å². The molecule has 0 saturated heterocycles. The highest BCUT2D eigenvalue weighted by Crippen LogP contribution is 2.24. The monoisotopic (exact) mass is 316 g/mol.